The van der Waals surface area contributed by atoms with Gasteiger partial charge in [0.2, 0.25) is 0 Å². The van der Waals surface area contributed by atoms with Gasteiger partial charge in [-0.2, -0.15) is 0 Å². The second-order valence-corrected chi connectivity index (χ2v) is 8.04. The molecule has 0 amide bonds. The zero-order valence-electron chi connectivity index (χ0n) is 18.5. The molecule has 1 aliphatic rings. The quantitative estimate of drug-likeness (QED) is 0.528. The first kappa shape index (κ1) is 22.3. The molecule has 2 atom stereocenters. The minimum absolute atomic E-state index is 0.205. The molecule has 0 aliphatic carbocycles. The summed E-state index contributed by atoms with van der Waals surface area (Å²) in [6.45, 7) is 4.28. The van der Waals surface area contributed by atoms with Gasteiger partial charge < -0.3 is 19.9 Å². The molecule has 1 saturated heterocycles. The number of nitrogens with one attached hydrogen (secondary N) is 1. The Balaban J connectivity index is 1.67. The van der Waals surface area contributed by atoms with Gasteiger partial charge in [-0.25, -0.2) is 9.97 Å². The van der Waals surface area contributed by atoms with Gasteiger partial charge in [-0.3, -0.25) is 9.97 Å². The fourth-order valence-electron chi connectivity index (χ4n) is 3.79. The second-order valence-electron chi connectivity index (χ2n) is 8.04. The smallest absolute Gasteiger partial charge is 0.160 e. The number of likely N-dealkylation sites (N-methyl/N-ethyl adjacent to an activating group) is 1. The molecule has 1 aromatic carbocycles. The highest BCUT2D eigenvalue weighted by atomic mass is 16.5. The van der Waals surface area contributed by atoms with Crippen LogP contribution >= 0.6 is 0 Å². The summed E-state index contributed by atoms with van der Waals surface area (Å²) in [7, 11) is 1.79. The Kier molecular flexibility index (Phi) is 7.36. The maximum atomic E-state index is 9.93. The zero-order chi connectivity index (χ0) is 22.3. The van der Waals surface area contributed by atoms with E-state index in [1.807, 2.05) is 31.2 Å². The SMILES string of the molecule is CNCC(O)COc1cccc(-c2nc(C[C@@H]3CCOC3)c(C)c(-c3cnccn3)n2)c1. The Morgan fingerprint density at radius 1 is 1.28 bits per heavy atom. The number of nitrogens with zero attached hydrogens (tertiary/aromatic N) is 4. The highest BCUT2D eigenvalue weighted by molar-refractivity contribution is 5.65. The van der Waals surface area contributed by atoms with E-state index in [-0.39, 0.29) is 6.61 Å². The van der Waals surface area contributed by atoms with Gasteiger partial charge in [-0.05, 0) is 50.4 Å². The number of hydrogen-bond acceptors (Lipinski definition) is 8. The van der Waals surface area contributed by atoms with Crippen LogP contribution in [-0.4, -0.2) is 64.6 Å². The molecule has 168 valence electrons. The largest absolute Gasteiger partial charge is 0.491 e. The molecule has 0 bridgehead atoms. The van der Waals surface area contributed by atoms with E-state index in [9.17, 15) is 5.11 Å². The van der Waals surface area contributed by atoms with Crippen molar-refractivity contribution in [3.63, 3.8) is 0 Å². The highest BCUT2D eigenvalue weighted by Gasteiger charge is 2.21. The molecule has 1 fully saturated rings. The third kappa shape index (κ3) is 5.45. The molecule has 0 saturated carbocycles. The van der Waals surface area contributed by atoms with E-state index < -0.39 is 6.10 Å². The van der Waals surface area contributed by atoms with Crippen LogP contribution in [0.3, 0.4) is 0 Å². The molecule has 32 heavy (non-hydrogen) atoms. The lowest BCUT2D eigenvalue weighted by molar-refractivity contribution is 0.108. The fourth-order valence-corrected chi connectivity index (χ4v) is 3.79. The van der Waals surface area contributed by atoms with E-state index in [4.69, 9.17) is 19.4 Å². The molecule has 8 nitrogen and oxygen atoms in total. The number of benzene rings is 1. The summed E-state index contributed by atoms with van der Waals surface area (Å²) in [5, 5.41) is 12.9. The van der Waals surface area contributed by atoms with Gasteiger partial charge in [0.15, 0.2) is 5.82 Å². The molecule has 2 N–H and O–H groups in total. The van der Waals surface area contributed by atoms with Crippen LogP contribution in [0.15, 0.2) is 42.9 Å². The first-order chi connectivity index (χ1) is 15.6. The van der Waals surface area contributed by atoms with Crippen molar-refractivity contribution in [2.45, 2.75) is 25.9 Å². The Morgan fingerprint density at radius 3 is 2.94 bits per heavy atom. The second kappa shape index (κ2) is 10.6. The van der Waals surface area contributed by atoms with Gasteiger partial charge in [0.25, 0.3) is 0 Å². The Morgan fingerprint density at radius 2 is 2.19 bits per heavy atom. The van der Waals surface area contributed by atoms with Crippen molar-refractivity contribution in [1.29, 1.82) is 0 Å². The van der Waals surface area contributed by atoms with Crippen molar-refractivity contribution in [3.8, 4) is 28.5 Å². The summed E-state index contributed by atoms with van der Waals surface area (Å²) < 4.78 is 11.3. The van der Waals surface area contributed by atoms with Crippen LogP contribution in [0.2, 0.25) is 0 Å². The first-order valence-corrected chi connectivity index (χ1v) is 10.9. The predicted molar refractivity (Wildman–Crippen MR) is 121 cm³/mol. The monoisotopic (exact) mass is 435 g/mol. The molecule has 8 heteroatoms. The molecule has 3 heterocycles. The minimum atomic E-state index is -0.581. The van der Waals surface area contributed by atoms with Crippen molar-refractivity contribution in [2.24, 2.45) is 5.92 Å². The number of hydrogen-bond donors (Lipinski definition) is 2. The van der Waals surface area contributed by atoms with Crippen LogP contribution in [0.25, 0.3) is 22.8 Å². The van der Waals surface area contributed by atoms with E-state index >= 15 is 0 Å². The summed E-state index contributed by atoms with van der Waals surface area (Å²) in [5.74, 6) is 1.73. The standard InChI is InChI=1S/C24H29N5O3/c1-16-21(10-17-6-9-31-14-17)28-24(29-23(16)22-13-26-7-8-27-22)18-4-3-5-20(11-18)32-15-19(30)12-25-2/h3-5,7-8,11,13,17,19,25,30H,6,9-10,12,14-15H2,1-2H3/t17-,19?/m0/s1. The van der Waals surface area contributed by atoms with Crippen molar-refractivity contribution < 1.29 is 14.6 Å². The molecule has 3 aromatic rings. The summed E-state index contributed by atoms with van der Waals surface area (Å²) in [5.41, 5.74) is 4.37. The van der Waals surface area contributed by atoms with E-state index in [1.54, 1.807) is 25.6 Å². The molecule has 1 unspecified atom stereocenters. The normalized spacial score (nSPS) is 16.8. The van der Waals surface area contributed by atoms with E-state index in [0.717, 1.165) is 54.3 Å². The summed E-state index contributed by atoms with van der Waals surface area (Å²) in [6.07, 6.45) is 6.35. The van der Waals surface area contributed by atoms with Crippen LogP contribution in [0.4, 0.5) is 0 Å². The van der Waals surface area contributed by atoms with E-state index in [1.165, 1.54) is 0 Å². The zero-order valence-corrected chi connectivity index (χ0v) is 18.5. The molecule has 1 aliphatic heterocycles. The number of aromatic nitrogens is 4. The van der Waals surface area contributed by atoms with Gasteiger partial charge in [-0.15, -0.1) is 0 Å². The van der Waals surface area contributed by atoms with Gasteiger partial charge in [-0.1, -0.05) is 12.1 Å². The maximum Gasteiger partial charge on any atom is 0.160 e. The number of ether oxygens (including phenoxy) is 2. The summed E-state index contributed by atoms with van der Waals surface area (Å²) in [4.78, 5) is 18.5. The molecule has 4 rings (SSSR count). The van der Waals surface area contributed by atoms with Crippen molar-refractivity contribution in [1.82, 2.24) is 25.3 Å². The maximum absolute atomic E-state index is 9.93. The molecule has 2 aromatic heterocycles. The summed E-state index contributed by atoms with van der Waals surface area (Å²) in [6, 6.07) is 7.64. The van der Waals surface area contributed by atoms with Crippen LogP contribution in [0.5, 0.6) is 5.75 Å². The minimum Gasteiger partial charge on any atom is -0.491 e. The lowest BCUT2D eigenvalue weighted by Crippen LogP contribution is -2.29. The average Bonchev–Trinajstić information content (AvgIpc) is 3.33. The molecular weight excluding hydrogens is 406 g/mol. The van der Waals surface area contributed by atoms with Crippen molar-refractivity contribution in [3.05, 3.63) is 54.1 Å². The number of rotatable bonds is 9. The van der Waals surface area contributed by atoms with Crippen LogP contribution in [-0.2, 0) is 11.2 Å². The molecule has 0 radical (unpaired) electrons. The van der Waals surface area contributed by atoms with Crippen molar-refractivity contribution >= 4 is 0 Å². The summed E-state index contributed by atoms with van der Waals surface area (Å²) >= 11 is 0. The van der Waals surface area contributed by atoms with Gasteiger partial charge >= 0.3 is 0 Å². The molecule has 0 spiro atoms. The Labute approximate surface area is 188 Å². The van der Waals surface area contributed by atoms with Crippen LogP contribution in [0, 0.1) is 12.8 Å². The lowest BCUT2D eigenvalue weighted by Gasteiger charge is -2.15. The van der Waals surface area contributed by atoms with E-state index in [0.29, 0.717) is 24.0 Å². The van der Waals surface area contributed by atoms with Gasteiger partial charge in [0, 0.05) is 43.4 Å². The number of aliphatic hydroxyl groups is 1. The topological polar surface area (TPSA) is 102 Å². The first-order valence-electron chi connectivity index (χ1n) is 10.9. The molecular formula is C24H29N5O3. The highest BCUT2D eigenvalue weighted by Crippen LogP contribution is 2.29. The Hall–Kier alpha value is -2.94. The van der Waals surface area contributed by atoms with Gasteiger partial charge in [0.05, 0.1) is 11.9 Å². The lowest BCUT2D eigenvalue weighted by atomic mass is 9.98. The van der Waals surface area contributed by atoms with Crippen LogP contribution < -0.4 is 10.1 Å². The van der Waals surface area contributed by atoms with E-state index in [2.05, 4.69) is 15.3 Å². The average molecular weight is 436 g/mol. The van der Waals surface area contributed by atoms with Gasteiger partial charge in [0.1, 0.15) is 24.2 Å². The predicted octanol–water partition coefficient (Wildman–Crippen LogP) is 2.45. The third-order valence-corrected chi connectivity index (χ3v) is 5.53. The number of aliphatic hydroxyl groups excluding tert-OH is 1. The fraction of sp³-hybridized carbons (Fsp3) is 0.417. The van der Waals surface area contributed by atoms with Crippen LogP contribution in [0.1, 0.15) is 17.7 Å². The van der Waals surface area contributed by atoms with Crippen molar-refractivity contribution in [2.75, 3.05) is 33.4 Å². The third-order valence-electron chi connectivity index (χ3n) is 5.53. The Bertz CT molecular complexity index is 1030.